The average Bonchev–Trinajstić information content (AvgIpc) is 2.37. The highest BCUT2D eigenvalue weighted by molar-refractivity contribution is 5.96. The van der Waals surface area contributed by atoms with Gasteiger partial charge in [-0.25, -0.2) is 4.39 Å². The van der Waals surface area contributed by atoms with Crippen LogP contribution in [0.25, 0.3) is 0 Å². The molecule has 1 heterocycles. The van der Waals surface area contributed by atoms with E-state index in [2.05, 4.69) is 0 Å². The van der Waals surface area contributed by atoms with Crippen molar-refractivity contribution >= 4 is 5.78 Å². The Kier molecular flexibility index (Phi) is 3.50. The molecule has 1 saturated carbocycles. The van der Waals surface area contributed by atoms with Gasteiger partial charge in [-0.3, -0.25) is 4.79 Å². The summed E-state index contributed by atoms with van der Waals surface area (Å²) < 4.78 is 25.1. The molecule has 3 rings (SSSR count). The maximum atomic E-state index is 13.4. The van der Waals surface area contributed by atoms with Crippen molar-refractivity contribution in [3.63, 3.8) is 0 Å². The Labute approximate surface area is 118 Å². The molecule has 2 fully saturated rings. The Morgan fingerprint density at radius 2 is 2.25 bits per heavy atom. The second-order valence-corrected chi connectivity index (χ2v) is 5.81. The van der Waals surface area contributed by atoms with E-state index in [1.165, 1.54) is 31.5 Å². The SMILES string of the molecule is CC(=O)c1ccc(F)cc1OC1CCOC2(CCC2)C1. The maximum Gasteiger partial charge on any atom is 0.163 e. The van der Waals surface area contributed by atoms with E-state index in [0.29, 0.717) is 17.9 Å². The molecule has 2 aliphatic rings. The molecule has 0 aromatic heterocycles. The molecule has 4 heteroatoms. The molecule has 1 aromatic rings. The van der Waals surface area contributed by atoms with Crippen molar-refractivity contribution in [2.75, 3.05) is 6.61 Å². The van der Waals surface area contributed by atoms with E-state index < -0.39 is 0 Å². The number of hydrogen-bond acceptors (Lipinski definition) is 3. The summed E-state index contributed by atoms with van der Waals surface area (Å²) in [5.74, 6) is -0.125. The molecule has 0 amide bonds. The van der Waals surface area contributed by atoms with Crippen LogP contribution in [0.1, 0.15) is 49.4 Å². The number of ether oxygens (including phenoxy) is 2. The molecule has 1 aliphatic carbocycles. The first kappa shape index (κ1) is 13.6. The minimum Gasteiger partial charge on any atom is -0.489 e. The fourth-order valence-electron chi connectivity index (χ4n) is 3.07. The fraction of sp³-hybridized carbons (Fsp3) is 0.562. The number of ketones is 1. The van der Waals surface area contributed by atoms with E-state index >= 15 is 0 Å². The van der Waals surface area contributed by atoms with Gasteiger partial charge in [-0.1, -0.05) is 0 Å². The lowest BCUT2D eigenvalue weighted by Crippen LogP contribution is -2.48. The summed E-state index contributed by atoms with van der Waals surface area (Å²) in [5.41, 5.74) is 0.424. The zero-order valence-electron chi connectivity index (χ0n) is 11.7. The van der Waals surface area contributed by atoms with Crippen LogP contribution >= 0.6 is 0 Å². The maximum absolute atomic E-state index is 13.4. The van der Waals surface area contributed by atoms with Crippen LogP contribution in [-0.2, 0) is 4.74 Å². The van der Waals surface area contributed by atoms with Crippen molar-refractivity contribution in [3.8, 4) is 5.75 Å². The van der Waals surface area contributed by atoms with Gasteiger partial charge in [-0.05, 0) is 38.3 Å². The molecule has 0 radical (unpaired) electrons. The summed E-state index contributed by atoms with van der Waals surface area (Å²) in [5, 5.41) is 0. The standard InChI is InChI=1S/C16H19FO3/c1-11(18)14-4-3-12(17)9-15(14)20-13-5-8-19-16(10-13)6-2-7-16/h3-4,9,13H,2,5-8,10H2,1H3. The number of halogens is 1. The van der Waals surface area contributed by atoms with Crippen molar-refractivity contribution < 1.29 is 18.7 Å². The van der Waals surface area contributed by atoms with Crippen LogP contribution in [0.2, 0.25) is 0 Å². The smallest absolute Gasteiger partial charge is 0.163 e. The molecule has 1 spiro atoms. The van der Waals surface area contributed by atoms with Crippen molar-refractivity contribution in [1.29, 1.82) is 0 Å². The van der Waals surface area contributed by atoms with Gasteiger partial charge in [-0.2, -0.15) is 0 Å². The van der Waals surface area contributed by atoms with Crippen LogP contribution in [-0.4, -0.2) is 24.1 Å². The lowest BCUT2D eigenvalue weighted by molar-refractivity contribution is -0.153. The quantitative estimate of drug-likeness (QED) is 0.794. The predicted molar refractivity (Wildman–Crippen MR) is 72.6 cm³/mol. The number of benzene rings is 1. The third kappa shape index (κ3) is 2.57. The highest BCUT2D eigenvalue weighted by atomic mass is 19.1. The van der Waals surface area contributed by atoms with Crippen LogP contribution in [0, 0.1) is 5.82 Å². The molecule has 3 nitrogen and oxygen atoms in total. The summed E-state index contributed by atoms with van der Waals surface area (Å²) in [7, 11) is 0. The summed E-state index contributed by atoms with van der Waals surface area (Å²) in [6.07, 6.45) is 4.98. The van der Waals surface area contributed by atoms with E-state index in [0.717, 1.165) is 25.7 Å². The van der Waals surface area contributed by atoms with E-state index in [9.17, 15) is 9.18 Å². The monoisotopic (exact) mass is 278 g/mol. The fourth-order valence-corrected chi connectivity index (χ4v) is 3.07. The zero-order chi connectivity index (χ0) is 14.2. The Morgan fingerprint density at radius 3 is 2.90 bits per heavy atom. The highest BCUT2D eigenvalue weighted by Crippen LogP contribution is 2.43. The Bertz CT molecular complexity index is 522. The summed E-state index contributed by atoms with van der Waals surface area (Å²) in [4.78, 5) is 11.6. The highest BCUT2D eigenvalue weighted by Gasteiger charge is 2.43. The summed E-state index contributed by atoms with van der Waals surface area (Å²) in [6, 6.07) is 4.09. The number of carbonyl (C=O) groups excluding carboxylic acids is 1. The Hall–Kier alpha value is -1.42. The van der Waals surface area contributed by atoms with Gasteiger partial charge in [0.2, 0.25) is 0 Å². The van der Waals surface area contributed by atoms with Crippen LogP contribution < -0.4 is 4.74 Å². The number of Topliss-reactive ketones (excluding diaryl/α,β-unsaturated/α-hetero) is 1. The lowest BCUT2D eigenvalue weighted by Gasteiger charge is -2.47. The number of hydrogen-bond donors (Lipinski definition) is 0. The first-order chi connectivity index (χ1) is 9.58. The van der Waals surface area contributed by atoms with Crippen molar-refractivity contribution in [3.05, 3.63) is 29.6 Å². The summed E-state index contributed by atoms with van der Waals surface area (Å²) >= 11 is 0. The molecule has 0 bridgehead atoms. The lowest BCUT2D eigenvalue weighted by atomic mass is 9.74. The molecule has 0 N–H and O–H groups in total. The molecule has 1 aromatic carbocycles. The third-order valence-corrected chi connectivity index (χ3v) is 4.33. The van der Waals surface area contributed by atoms with E-state index in [1.807, 2.05) is 0 Å². The van der Waals surface area contributed by atoms with Crippen molar-refractivity contribution in [2.45, 2.75) is 50.7 Å². The zero-order valence-corrected chi connectivity index (χ0v) is 11.7. The van der Waals surface area contributed by atoms with Gasteiger partial charge in [0.25, 0.3) is 0 Å². The second-order valence-electron chi connectivity index (χ2n) is 5.81. The minimum atomic E-state index is -0.379. The van der Waals surface area contributed by atoms with Gasteiger partial charge >= 0.3 is 0 Å². The number of rotatable bonds is 3. The average molecular weight is 278 g/mol. The van der Waals surface area contributed by atoms with Crippen molar-refractivity contribution in [2.24, 2.45) is 0 Å². The van der Waals surface area contributed by atoms with E-state index in [4.69, 9.17) is 9.47 Å². The van der Waals surface area contributed by atoms with Crippen molar-refractivity contribution in [1.82, 2.24) is 0 Å². The molecular formula is C16H19FO3. The topological polar surface area (TPSA) is 35.5 Å². The molecule has 1 saturated heterocycles. The van der Waals surface area contributed by atoms with E-state index in [-0.39, 0.29) is 23.3 Å². The largest absolute Gasteiger partial charge is 0.489 e. The van der Waals surface area contributed by atoms with E-state index in [1.54, 1.807) is 0 Å². The van der Waals surface area contributed by atoms with Crippen LogP contribution in [0.3, 0.4) is 0 Å². The predicted octanol–water partition coefficient (Wildman–Crippen LogP) is 3.51. The minimum absolute atomic E-state index is 0.00366. The number of carbonyl (C=O) groups is 1. The van der Waals surface area contributed by atoms with Gasteiger partial charge in [-0.15, -0.1) is 0 Å². The Morgan fingerprint density at radius 1 is 1.45 bits per heavy atom. The molecule has 108 valence electrons. The first-order valence-corrected chi connectivity index (χ1v) is 7.19. The first-order valence-electron chi connectivity index (χ1n) is 7.19. The Balaban J connectivity index is 1.76. The van der Waals surface area contributed by atoms with Gasteiger partial charge < -0.3 is 9.47 Å². The van der Waals surface area contributed by atoms with Crippen LogP contribution in [0.4, 0.5) is 4.39 Å². The summed E-state index contributed by atoms with van der Waals surface area (Å²) in [6.45, 7) is 2.15. The molecule has 20 heavy (non-hydrogen) atoms. The molecular weight excluding hydrogens is 259 g/mol. The van der Waals surface area contributed by atoms with Gasteiger partial charge in [0.1, 0.15) is 17.7 Å². The molecule has 1 unspecified atom stereocenters. The van der Waals surface area contributed by atoms with Gasteiger partial charge in [0.15, 0.2) is 5.78 Å². The normalized spacial score (nSPS) is 24.2. The second kappa shape index (κ2) is 5.17. The third-order valence-electron chi connectivity index (χ3n) is 4.33. The van der Waals surface area contributed by atoms with Crippen LogP contribution in [0.5, 0.6) is 5.75 Å². The molecule has 1 aliphatic heterocycles. The van der Waals surface area contributed by atoms with Gasteiger partial charge in [0.05, 0.1) is 17.8 Å². The molecule has 1 atom stereocenters. The van der Waals surface area contributed by atoms with Gasteiger partial charge in [0, 0.05) is 18.9 Å². The van der Waals surface area contributed by atoms with Crippen LogP contribution in [0.15, 0.2) is 18.2 Å².